The van der Waals surface area contributed by atoms with Crippen LogP contribution in [0.1, 0.15) is 29.0 Å². The molecule has 4 N–H and O–H groups in total. The van der Waals surface area contributed by atoms with Gasteiger partial charge in [-0.3, -0.25) is 4.79 Å². The summed E-state index contributed by atoms with van der Waals surface area (Å²) in [6.07, 6.45) is 9.94. The fourth-order valence-corrected chi connectivity index (χ4v) is 2.67. The summed E-state index contributed by atoms with van der Waals surface area (Å²) in [5.41, 5.74) is 1.31. The van der Waals surface area contributed by atoms with Crippen molar-refractivity contribution < 1.29 is 9.90 Å². The summed E-state index contributed by atoms with van der Waals surface area (Å²) in [6, 6.07) is 0.248. The Labute approximate surface area is 139 Å². The van der Waals surface area contributed by atoms with Gasteiger partial charge in [0.15, 0.2) is 0 Å². The number of hydrogen-bond acceptors (Lipinski definition) is 3. The Morgan fingerprint density at radius 2 is 1.90 bits per heavy atom. The molecule has 1 aliphatic heterocycles. The highest BCUT2D eigenvalue weighted by molar-refractivity contribution is 9.10. The van der Waals surface area contributed by atoms with Crippen LogP contribution in [-0.4, -0.2) is 42.2 Å². The van der Waals surface area contributed by atoms with E-state index in [1.54, 1.807) is 0 Å². The molecule has 0 radical (unpaired) electrons. The first-order valence-electron chi connectivity index (χ1n) is 6.42. The molecule has 1 saturated heterocycles. The zero-order valence-electron chi connectivity index (χ0n) is 12.2. The summed E-state index contributed by atoms with van der Waals surface area (Å²) in [4.78, 5) is 15.0. The number of amides is 1. The van der Waals surface area contributed by atoms with Crippen molar-refractivity contribution in [3.8, 4) is 12.8 Å². The summed E-state index contributed by atoms with van der Waals surface area (Å²) >= 11 is 9.35. The third-order valence-corrected chi connectivity index (χ3v) is 4.45. The lowest BCUT2D eigenvalue weighted by atomic mass is 10.1. The number of hydrogen-bond donors (Lipinski definition) is 4. The number of rotatable bonds is 2. The van der Waals surface area contributed by atoms with E-state index in [9.17, 15) is 4.79 Å². The van der Waals surface area contributed by atoms with E-state index in [4.69, 9.17) is 16.7 Å². The zero-order chi connectivity index (χ0) is 16.4. The van der Waals surface area contributed by atoms with Crippen LogP contribution in [0.15, 0.2) is 4.47 Å². The quantitative estimate of drug-likeness (QED) is 0.595. The van der Waals surface area contributed by atoms with Crippen molar-refractivity contribution in [2.75, 3.05) is 20.2 Å². The van der Waals surface area contributed by atoms with Crippen LogP contribution in [0.5, 0.6) is 0 Å². The van der Waals surface area contributed by atoms with Crippen LogP contribution in [0.25, 0.3) is 0 Å². The first-order chi connectivity index (χ1) is 10.1. The van der Waals surface area contributed by atoms with Crippen molar-refractivity contribution in [1.29, 1.82) is 0 Å². The molecule has 2 rings (SSSR count). The van der Waals surface area contributed by atoms with Gasteiger partial charge in [-0.2, -0.15) is 0 Å². The van der Waals surface area contributed by atoms with Crippen LogP contribution in [0.3, 0.4) is 0 Å². The minimum atomic E-state index is -0.0984. The Hall–Kier alpha value is -1.00. The van der Waals surface area contributed by atoms with Gasteiger partial charge in [0.25, 0.3) is 5.91 Å². The number of aromatic amines is 1. The molecule has 1 fully saturated rings. The molecule has 0 aliphatic carbocycles. The molecule has 118 valence electrons. The summed E-state index contributed by atoms with van der Waals surface area (Å²) in [5.74, 6) is -0.0984. The molecule has 1 aromatic heterocycles. The SMILES string of the molecule is C#C.CO.Cc1[nH]c(C(=O)NC2CCNCC2)c(Br)c1Cl. The van der Waals surface area contributed by atoms with Crippen LogP contribution in [0.4, 0.5) is 0 Å². The number of H-pyrrole nitrogens is 1. The van der Waals surface area contributed by atoms with Crippen LogP contribution in [0.2, 0.25) is 5.02 Å². The van der Waals surface area contributed by atoms with Gasteiger partial charge in [-0.15, -0.1) is 12.8 Å². The van der Waals surface area contributed by atoms with Gasteiger partial charge >= 0.3 is 0 Å². The third-order valence-electron chi connectivity index (χ3n) is 2.96. The highest BCUT2D eigenvalue weighted by Gasteiger charge is 2.21. The van der Waals surface area contributed by atoms with Gasteiger partial charge in [0.1, 0.15) is 5.69 Å². The van der Waals surface area contributed by atoms with Gasteiger partial charge in [-0.05, 0) is 48.8 Å². The lowest BCUT2D eigenvalue weighted by molar-refractivity contribution is 0.0924. The smallest absolute Gasteiger partial charge is 0.269 e. The molecule has 5 nitrogen and oxygen atoms in total. The summed E-state index contributed by atoms with van der Waals surface area (Å²) < 4.78 is 0.642. The van der Waals surface area contributed by atoms with Gasteiger partial charge in [0.2, 0.25) is 0 Å². The van der Waals surface area contributed by atoms with Crippen molar-refractivity contribution in [2.45, 2.75) is 25.8 Å². The molecule has 1 aliphatic rings. The lowest BCUT2D eigenvalue weighted by Gasteiger charge is -2.23. The molecule has 0 spiro atoms. The van der Waals surface area contributed by atoms with E-state index in [2.05, 4.69) is 44.4 Å². The Bertz CT molecular complexity index is 468. The Morgan fingerprint density at radius 3 is 2.33 bits per heavy atom. The van der Waals surface area contributed by atoms with Gasteiger partial charge in [0.05, 0.1) is 9.50 Å². The van der Waals surface area contributed by atoms with E-state index in [1.165, 1.54) is 0 Å². The van der Waals surface area contributed by atoms with E-state index in [0.29, 0.717) is 15.2 Å². The standard InChI is InChI=1S/C11H15BrClN3O.C2H2.CH4O/c1-6-9(13)8(12)10(15-6)11(17)16-7-2-4-14-5-3-7;2*1-2/h7,14-15H,2-5H2,1H3,(H,16,17);1-2H;2H,1H3. The average molecular weight is 379 g/mol. The molecular weight excluding hydrogens is 358 g/mol. The molecule has 0 unspecified atom stereocenters. The fourth-order valence-electron chi connectivity index (χ4n) is 1.95. The first kappa shape index (κ1) is 20.0. The monoisotopic (exact) mass is 377 g/mol. The molecule has 1 amide bonds. The van der Waals surface area contributed by atoms with E-state index < -0.39 is 0 Å². The van der Waals surface area contributed by atoms with Crippen molar-refractivity contribution >= 4 is 33.4 Å². The summed E-state index contributed by atoms with van der Waals surface area (Å²) in [5, 5.41) is 13.9. The Balaban J connectivity index is 0.000000921. The molecule has 21 heavy (non-hydrogen) atoms. The molecule has 7 heteroatoms. The maximum Gasteiger partial charge on any atom is 0.269 e. The first-order valence-corrected chi connectivity index (χ1v) is 7.60. The normalized spacial score (nSPS) is 14.2. The molecule has 0 aromatic carbocycles. The number of halogens is 2. The fraction of sp³-hybridized carbons (Fsp3) is 0.500. The van der Waals surface area contributed by atoms with Crippen LogP contribution < -0.4 is 10.6 Å². The second-order valence-corrected chi connectivity index (χ2v) is 5.42. The predicted molar refractivity (Wildman–Crippen MR) is 89.6 cm³/mol. The van der Waals surface area contributed by atoms with Crippen LogP contribution in [-0.2, 0) is 0 Å². The summed E-state index contributed by atoms with van der Waals surface area (Å²) in [7, 11) is 1.00. The minimum absolute atomic E-state index is 0.0984. The molecule has 2 heterocycles. The third kappa shape index (κ3) is 5.71. The molecule has 1 aromatic rings. The molecule has 0 atom stereocenters. The van der Waals surface area contributed by atoms with Gasteiger partial charge in [0, 0.05) is 18.8 Å². The highest BCUT2D eigenvalue weighted by atomic mass is 79.9. The predicted octanol–water partition coefficient (Wildman–Crippen LogP) is 2.08. The van der Waals surface area contributed by atoms with Gasteiger partial charge in [-0.25, -0.2) is 0 Å². The van der Waals surface area contributed by atoms with Crippen molar-refractivity contribution in [1.82, 2.24) is 15.6 Å². The summed E-state index contributed by atoms with van der Waals surface area (Å²) in [6.45, 7) is 3.75. The number of aliphatic hydroxyl groups excluding tert-OH is 1. The number of piperidine rings is 1. The lowest BCUT2D eigenvalue weighted by Crippen LogP contribution is -2.42. The number of aryl methyl sites for hydroxylation is 1. The van der Waals surface area contributed by atoms with E-state index >= 15 is 0 Å². The second-order valence-electron chi connectivity index (χ2n) is 4.25. The van der Waals surface area contributed by atoms with Crippen molar-refractivity contribution in [2.24, 2.45) is 0 Å². The van der Waals surface area contributed by atoms with E-state index in [0.717, 1.165) is 38.7 Å². The Morgan fingerprint density at radius 1 is 1.38 bits per heavy atom. The zero-order valence-corrected chi connectivity index (χ0v) is 14.5. The topological polar surface area (TPSA) is 77.1 Å². The van der Waals surface area contributed by atoms with Gasteiger partial charge in [-0.1, -0.05) is 11.6 Å². The van der Waals surface area contributed by atoms with Gasteiger partial charge < -0.3 is 20.7 Å². The van der Waals surface area contributed by atoms with E-state index in [-0.39, 0.29) is 11.9 Å². The number of aromatic nitrogens is 1. The van der Waals surface area contributed by atoms with Crippen molar-refractivity contribution in [3.63, 3.8) is 0 Å². The number of terminal acetylenes is 1. The van der Waals surface area contributed by atoms with E-state index in [1.807, 2.05) is 6.92 Å². The number of nitrogens with one attached hydrogen (secondary N) is 3. The van der Waals surface area contributed by atoms with Crippen LogP contribution in [0, 0.1) is 19.8 Å². The largest absolute Gasteiger partial charge is 0.400 e. The average Bonchev–Trinajstić information content (AvgIpc) is 2.80. The maximum absolute atomic E-state index is 12.0. The molecular formula is C14H21BrClN3O2. The molecule has 0 bridgehead atoms. The van der Waals surface area contributed by atoms with Crippen molar-refractivity contribution in [3.05, 3.63) is 20.9 Å². The maximum atomic E-state index is 12.0. The van der Waals surface area contributed by atoms with Crippen LogP contribution >= 0.6 is 27.5 Å². The minimum Gasteiger partial charge on any atom is -0.400 e. The number of aliphatic hydroxyl groups is 1. The Kier molecular flexibility index (Phi) is 10.2. The number of carbonyl (C=O) groups is 1. The second kappa shape index (κ2) is 10.7. The molecule has 0 saturated carbocycles. The number of carbonyl (C=O) groups excluding carboxylic acids is 1. The highest BCUT2D eigenvalue weighted by Crippen LogP contribution is 2.29.